The number of thiophene rings is 1. The average molecular weight is 484 g/mol. The van der Waals surface area contributed by atoms with Crippen LogP contribution >= 0.6 is 23.1 Å². The van der Waals surface area contributed by atoms with Gasteiger partial charge < -0.3 is 10.1 Å². The van der Waals surface area contributed by atoms with Crippen LogP contribution in [0, 0.1) is 13.8 Å². The zero-order valence-electron chi connectivity index (χ0n) is 18.2. The third-order valence-electron chi connectivity index (χ3n) is 5.15. The molecule has 0 saturated heterocycles. The number of allylic oxidation sites excluding steroid dienone is 1. The fourth-order valence-corrected chi connectivity index (χ4v) is 5.28. The lowest BCUT2D eigenvalue weighted by atomic mass is 10.1. The zero-order chi connectivity index (χ0) is 23.7. The van der Waals surface area contributed by atoms with E-state index in [0.29, 0.717) is 32.4 Å². The number of amides is 1. The van der Waals surface area contributed by atoms with Crippen LogP contribution in [0.5, 0.6) is 0 Å². The maximum absolute atomic E-state index is 12.9. The number of carbonyl (C=O) groups is 2. The topological polar surface area (TPSA) is 108 Å². The Morgan fingerprint density at radius 1 is 1.27 bits per heavy atom. The number of fused-ring (bicyclic) bond motifs is 3. The van der Waals surface area contributed by atoms with Crippen LogP contribution in [0.15, 0.2) is 46.9 Å². The van der Waals surface area contributed by atoms with Crippen LogP contribution in [0.25, 0.3) is 16.7 Å². The summed E-state index contributed by atoms with van der Waals surface area (Å²) in [7, 11) is 1.31. The number of anilines is 1. The molecule has 0 radical (unpaired) electrons. The number of ether oxygens (including phenoxy) is 1. The molecule has 11 heteroatoms. The van der Waals surface area contributed by atoms with Gasteiger partial charge in [0, 0.05) is 11.4 Å². The lowest BCUT2D eigenvalue weighted by Crippen LogP contribution is -2.22. The average Bonchev–Trinajstić information content (AvgIpc) is 3.35. The molecular weight excluding hydrogens is 462 g/mol. The molecule has 9 nitrogen and oxygen atoms in total. The molecule has 0 aliphatic rings. The summed E-state index contributed by atoms with van der Waals surface area (Å²) in [6, 6.07) is 7.18. The molecule has 0 saturated carbocycles. The first-order valence-electron chi connectivity index (χ1n) is 9.95. The summed E-state index contributed by atoms with van der Waals surface area (Å²) in [5.74, 6) is -0.382. The number of aromatic nitrogens is 4. The minimum Gasteiger partial charge on any atom is -0.465 e. The van der Waals surface area contributed by atoms with Gasteiger partial charge in [-0.15, -0.1) is 28.1 Å². The molecule has 0 bridgehead atoms. The van der Waals surface area contributed by atoms with Gasteiger partial charge in [0.1, 0.15) is 5.00 Å². The van der Waals surface area contributed by atoms with Crippen molar-refractivity contribution in [2.24, 2.45) is 0 Å². The molecule has 0 spiro atoms. The van der Waals surface area contributed by atoms with Gasteiger partial charge in [0.15, 0.2) is 5.16 Å². The highest BCUT2D eigenvalue weighted by Crippen LogP contribution is 2.33. The van der Waals surface area contributed by atoms with Crippen molar-refractivity contribution in [1.82, 2.24) is 19.2 Å². The predicted molar refractivity (Wildman–Crippen MR) is 129 cm³/mol. The second-order valence-corrected chi connectivity index (χ2v) is 9.32. The van der Waals surface area contributed by atoms with Crippen LogP contribution in [0.2, 0.25) is 0 Å². The van der Waals surface area contributed by atoms with Crippen molar-refractivity contribution in [2.45, 2.75) is 25.5 Å². The van der Waals surface area contributed by atoms with Gasteiger partial charge in [0.2, 0.25) is 11.7 Å². The number of esters is 1. The molecule has 0 aliphatic heterocycles. The molecule has 1 aromatic carbocycles. The Morgan fingerprint density at radius 2 is 2.03 bits per heavy atom. The molecule has 170 valence electrons. The molecule has 1 amide bonds. The number of nitrogens with zero attached hydrogens (tertiary/aromatic N) is 4. The number of nitrogens with one attached hydrogen (secondary N) is 1. The highest BCUT2D eigenvalue weighted by atomic mass is 32.2. The van der Waals surface area contributed by atoms with E-state index >= 15 is 0 Å². The van der Waals surface area contributed by atoms with E-state index < -0.39 is 5.97 Å². The Labute approximate surface area is 197 Å². The SMILES string of the molecule is C=CCn1c(=O)c2ccccc2n2c(SCC(=O)Nc3sc(C)c(C)c3C(=O)OC)nnc12. The van der Waals surface area contributed by atoms with Crippen molar-refractivity contribution in [2.75, 3.05) is 18.2 Å². The summed E-state index contributed by atoms with van der Waals surface area (Å²) < 4.78 is 8.11. The number of aryl methyl sites for hydroxylation is 1. The minimum absolute atomic E-state index is 0.0340. The van der Waals surface area contributed by atoms with Crippen molar-refractivity contribution in [3.63, 3.8) is 0 Å². The standard InChI is InChI=1S/C22H21N5O4S2/c1-5-10-26-19(29)14-8-6-7-9-15(14)27-21(26)24-25-22(27)32-11-16(28)23-18-17(20(30)31-4)12(2)13(3)33-18/h5-9H,1,10-11H2,2-4H3,(H,23,28). The number of hydrogen-bond acceptors (Lipinski definition) is 8. The number of carbonyl (C=O) groups excluding carboxylic acids is 2. The lowest BCUT2D eigenvalue weighted by Gasteiger charge is -2.09. The van der Waals surface area contributed by atoms with E-state index in [2.05, 4.69) is 22.1 Å². The summed E-state index contributed by atoms with van der Waals surface area (Å²) >= 11 is 2.51. The van der Waals surface area contributed by atoms with Gasteiger partial charge in [-0.25, -0.2) is 4.79 Å². The van der Waals surface area contributed by atoms with E-state index in [1.54, 1.807) is 22.6 Å². The number of benzene rings is 1. The third kappa shape index (κ3) is 4.05. The molecule has 4 rings (SSSR count). The fraction of sp³-hybridized carbons (Fsp3) is 0.227. The van der Waals surface area contributed by atoms with Crippen molar-refractivity contribution < 1.29 is 14.3 Å². The first kappa shape index (κ1) is 22.7. The Balaban J connectivity index is 1.64. The molecule has 3 heterocycles. The molecular formula is C22H21N5O4S2. The molecule has 1 N–H and O–H groups in total. The monoisotopic (exact) mass is 483 g/mol. The third-order valence-corrected chi connectivity index (χ3v) is 7.20. The largest absolute Gasteiger partial charge is 0.465 e. The van der Waals surface area contributed by atoms with E-state index in [4.69, 9.17) is 4.74 Å². The number of hydrogen-bond donors (Lipinski definition) is 1. The van der Waals surface area contributed by atoms with Gasteiger partial charge in [0.25, 0.3) is 5.56 Å². The number of rotatable bonds is 7. The van der Waals surface area contributed by atoms with Gasteiger partial charge in [-0.1, -0.05) is 30.0 Å². The van der Waals surface area contributed by atoms with Crippen LogP contribution in [-0.2, 0) is 16.1 Å². The molecule has 0 atom stereocenters. The fourth-order valence-electron chi connectivity index (χ4n) is 3.48. The van der Waals surface area contributed by atoms with Crippen LogP contribution in [0.4, 0.5) is 5.00 Å². The summed E-state index contributed by atoms with van der Waals surface area (Å²) in [5, 5.41) is 12.7. The quantitative estimate of drug-likeness (QED) is 0.244. The zero-order valence-corrected chi connectivity index (χ0v) is 19.9. The normalized spacial score (nSPS) is 11.1. The molecule has 33 heavy (non-hydrogen) atoms. The lowest BCUT2D eigenvalue weighted by molar-refractivity contribution is -0.113. The van der Waals surface area contributed by atoms with Crippen molar-refractivity contribution in [3.8, 4) is 0 Å². The first-order chi connectivity index (χ1) is 15.9. The van der Waals surface area contributed by atoms with Crippen molar-refractivity contribution >= 4 is 56.7 Å². The van der Waals surface area contributed by atoms with Gasteiger partial charge in [-0.3, -0.25) is 18.6 Å². The summed E-state index contributed by atoms with van der Waals surface area (Å²) in [4.78, 5) is 38.7. The van der Waals surface area contributed by atoms with E-state index in [-0.39, 0.29) is 23.8 Å². The maximum Gasteiger partial charge on any atom is 0.341 e. The van der Waals surface area contributed by atoms with E-state index in [0.717, 1.165) is 10.4 Å². The number of methoxy groups -OCH3 is 1. The van der Waals surface area contributed by atoms with Crippen LogP contribution in [-0.4, -0.2) is 43.9 Å². The van der Waals surface area contributed by atoms with Gasteiger partial charge in [0.05, 0.1) is 29.3 Å². The number of thioether (sulfide) groups is 1. The van der Waals surface area contributed by atoms with Gasteiger partial charge in [-0.05, 0) is 31.5 Å². The van der Waals surface area contributed by atoms with Crippen LogP contribution < -0.4 is 10.9 Å². The Kier molecular flexibility index (Phi) is 6.34. The second-order valence-electron chi connectivity index (χ2n) is 7.16. The van der Waals surface area contributed by atoms with E-state index in [9.17, 15) is 14.4 Å². The molecule has 4 aromatic rings. The van der Waals surface area contributed by atoms with Gasteiger partial charge in [-0.2, -0.15) is 0 Å². The van der Waals surface area contributed by atoms with E-state index in [1.807, 2.05) is 26.0 Å². The highest BCUT2D eigenvalue weighted by molar-refractivity contribution is 7.99. The Bertz CT molecular complexity index is 1470. The Morgan fingerprint density at radius 3 is 2.76 bits per heavy atom. The second kappa shape index (κ2) is 9.20. The summed E-state index contributed by atoms with van der Waals surface area (Å²) in [6.07, 6.45) is 1.62. The minimum atomic E-state index is -0.491. The van der Waals surface area contributed by atoms with E-state index in [1.165, 1.54) is 34.8 Å². The predicted octanol–water partition coefficient (Wildman–Crippen LogP) is 3.43. The van der Waals surface area contributed by atoms with Gasteiger partial charge >= 0.3 is 5.97 Å². The Hall–Kier alpha value is -3.44. The van der Waals surface area contributed by atoms with Crippen LogP contribution in [0.3, 0.4) is 0 Å². The summed E-state index contributed by atoms with van der Waals surface area (Å²) in [6.45, 7) is 7.70. The molecule has 0 unspecified atom stereocenters. The van der Waals surface area contributed by atoms with Crippen molar-refractivity contribution in [3.05, 3.63) is 63.3 Å². The summed E-state index contributed by atoms with van der Waals surface area (Å²) in [5.41, 5.74) is 1.62. The maximum atomic E-state index is 12.9. The molecule has 3 aromatic heterocycles. The smallest absolute Gasteiger partial charge is 0.341 e. The van der Waals surface area contributed by atoms with Crippen molar-refractivity contribution in [1.29, 1.82) is 0 Å². The molecule has 0 aliphatic carbocycles. The van der Waals surface area contributed by atoms with Crippen LogP contribution in [0.1, 0.15) is 20.8 Å². The molecule has 0 fully saturated rings. The first-order valence-corrected chi connectivity index (χ1v) is 11.8. The highest BCUT2D eigenvalue weighted by Gasteiger charge is 2.22. The number of para-hydroxylation sites is 1.